The Balaban J connectivity index is 1.37. The van der Waals surface area contributed by atoms with Crippen LogP contribution in [0.4, 0.5) is 0 Å². The molecule has 1 N–H and O–H groups in total. The fraction of sp³-hybridized carbons (Fsp3) is 0.353. The van der Waals surface area contributed by atoms with Gasteiger partial charge in [0.25, 0.3) is 0 Å². The van der Waals surface area contributed by atoms with E-state index >= 15 is 0 Å². The van der Waals surface area contributed by atoms with Crippen LogP contribution in [0.25, 0.3) is 0 Å². The van der Waals surface area contributed by atoms with Gasteiger partial charge in [0.1, 0.15) is 12.2 Å². The van der Waals surface area contributed by atoms with Gasteiger partial charge < -0.3 is 19.3 Å². The molecule has 0 spiro atoms. The molecule has 1 saturated heterocycles. The zero-order chi connectivity index (χ0) is 27.4. The smallest absolute Gasteiger partial charge is 0.113 e. The zero-order valence-corrected chi connectivity index (χ0v) is 23.7. The van der Waals surface area contributed by atoms with E-state index < -0.39 is 0 Å². The molecule has 0 aliphatic carbocycles. The SMILES string of the molecule is OC[C@@H]1[C@@H](OCc2ccccc2)[C@H](OCc2ccccc2)[C@@H](OCc2ccccc2)CN1CCCc1ccsc1. The van der Waals surface area contributed by atoms with Crippen molar-refractivity contribution in [3.8, 4) is 0 Å². The maximum atomic E-state index is 10.7. The fourth-order valence-corrected chi connectivity index (χ4v) is 6.08. The van der Waals surface area contributed by atoms with Crippen molar-refractivity contribution in [1.29, 1.82) is 0 Å². The Bertz CT molecular complexity index is 1220. The maximum Gasteiger partial charge on any atom is 0.113 e. The second kappa shape index (κ2) is 15.2. The first-order valence-electron chi connectivity index (χ1n) is 14.1. The number of aliphatic hydroxyl groups excluding tert-OH is 1. The summed E-state index contributed by atoms with van der Waals surface area (Å²) in [5, 5.41) is 15.0. The molecule has 3 aromatic carbocycles. The molecule has 4 atom stereocenters. The van der Waals surface area contributed by atoms with E-state index in [2.05, 4.69) is 58.1 Å². The van der Waals surface area contributed by atoms with Gasteiger partial charge in [0.15, 0.2) is 0 Å². The third-order valence-corrected chi connectivity index (χ3v) is 8.24. The molecule has 210 valence electrons. The van der Waals surface area contributed by atoms with Crippen molar-refractivity contribution in [1.82, 2.24) is 4.90 Å². The van der Waals surface area contributed by atoms with Gasteiger partial charge in [0.05, 0.1) is 38.6 Å². The van der Waals surface area contributed by atoms with E-state index in [0.717, 1.165) is 36.1 Å². The molecular formula is C34H39NO4S. The Hall–Kier alpha value is -2.84. The van der Waals surface area contributed by atoms with E-state index in [-0.39, 0.29) is 31.0 Å². The first kappa shape index (κ1) is 28.7. The number of rotatable bonds is 14. The van der Waals surface area contributed by atoms with Crippen LogP contribution in [0.3, 0.4) is 0 Å². The summed E-state index contributed by atoms with van der Waals surface area (Å²) in [7, 11) is 0. The lowest BCUT2D eigenvalue weighted by molar-refractivity contribution is -0.207. The fourth-order valence-electron chi connectivity index (χ4n) is 5.37. The normalized spacial score (nSPS) is 21.4. The summed E-state index contributed by atoms with van der Waals surface area (Å²) in [6, 6.07) is 32.7. The number of piperidine rings is 1. The molecule has 0 saturated carbocycles. The van der Waals surface area contributed by atoms with Crippen molar-refractivity contribution >= 4 is 11.3 Å². The number of benzene rings is 3. The summed E-state index contributed by atoms with van der Waals surface area (Å²) < 4.78 is 19.9. The van der Waals surface area contributed by atoms with Crippen molar-refractivity contribution in [3.05, 3.63) is 130 Å². The Morgan fingerprint density at radius 2 is 1.23 bits per heavy atom. The van der Waals surface area contributed by atoms with Gasteiger partial charge in [0.2, 0.25) is 0 Å². The third-order valence-electron chi connectivity index (χ3n) is 7.51. The van der Waals surface area contributed by atoms with Crippen LogP contribution < -0.4 is 0 Å². The molecule has 5 rings (SSSR count). The molecule has 1 fully saturated rings. The Morgan fingerprint density at radius 1 is 0.675 bits per heavy atom. The van der Waals surface area contributed by atoms with Crippen LogP contribution in [0.2, 0.25) is 0 Å². The molecule has 0 radical (unpaired) electrons. The lowest BCUT2D eigenvalue weighted by Crippen LogP contribution is -2.64. The number of hydrogen-bond acceptors (Lipinski definition) is 6. The summed E-state index contributed by atoms with van der Waals surface area (Å²) in [5.41, 5.74) is 4.68. The van der Waals surface area contributed by atoms with E-state index in [1.165, 1.54) is 5.56 Å². The number of nitrogens with zero attached hydrogens (tertiary/aromatic N) is 1. The average Bonchev–Trinajstić information content (AvgIpc) is 3.53. The molecule has 0 amide bonds. The molecule has 1 aliphatic heterocycles. The van der Waals surface area contributed by atoms with Crippen LogP contribution in [0.5, 0.6) is 0 Å². The van der Waals surface area contributed by atoms with Gasteiger partial charge in [-0.25, -0.2) is 0 Å². The van der Waals surface area contributed by atoms with E-state index in [1.807, 2.05) is 54.6 Å². The molecule has 2 heterocycles. The highest BCUT2D eigenvalue weighted by atomic mass is 32.1. The first-order chi connectivity index (χ1) is 19.8. The van der Waals surface area contributed by atoms with Crippen molar-refractivity contribution in [3.63, 3.8) is 0 Å². The second-order valence-electron chi connectivity index (χ2n) is 10.3. The van der Waals surface area contributed by atoms with Gasteiger partial charge in [-0.3, -0.25) is 4.90 Å². The van der Waals surface area contributed by atoms with Crippen LogP contribution in [-0.2, 0) is 40.5 Å². The summed E-state index contributed by atoms with van der Waals surface area (Å²) in [4.78, 5) is 2.35. The molecule has 0 unspecified atom stereocenters. The van der Waals surface area contributed by atoms with Crippen molar-refractivity contribution in [2.24, 2.45) is 0 Å². The van der Waals surface area contributed by atoms with Gasteiger partial charge in [0, 0.05) is 6.54 Å². The van der Waals surface area contributed by atoms with Crippen LogP contribution in [0, 0.1) is 0 Å². The van der Waals surface area contributed by atoms with E-state index in [1.54, 1.807) is 11.3 Å². The summed E-state index contributed by atoms with van der Waals surface area (Å²) >= 11 is 1.73. The van der Waals surface area contributed by atoms with Crippen LogP contribution >= 0.6 is 11.3 Å². The molecular weight excluding hydrogens is 518 g/mol. The standard InChI is InChI=1S/C34H39NO4S/c36-22-31-33(38-24-28-13-6-2-7-14-28)34(39-25-29-15-8-3-9-16-29)32(37-23-27-11-4-1-5-12-27)21-35(31)19-10-17-30-18-20-40-26-30/h1-9,11-16,18,20,26,31-34,36H,10,17,19,21-25H2/t31-,32+,33-,34-/m1/s1. The highest BCUT2D eigenvalue weighted by molar-refractivity contribution is 7.07. The van der Waals surface area contributed by atoms with Crippen LogP contribution in [0.15, 0.2) is 108 Å². The van der Waals surface area contributed by atoms with Gasteiger partial charge in [-0.15, -0.1) is 0 Å². The number of thiophene rings is 1. The minimum Gasteiger partial charge on any atom is -0.395 e. The maximum absolute atomic E-state index is 10.7. The Labute approximate surface area is 242 Å². The van der Waals surface area contributed by atoms with Gasteiger partial charge in [-0.05, 0) is 58.5 Å². The first-order valence-corrected chi connectivity index (χ1v) is 15.1. The van der Waals surface area contributed by atoms with Crippen molar-refractivity contribution in [2.45, 2.75) is 57.0 Å². The molecule has 0 bridgehead atoms. The Morgan fingerprint density at radius 3 is 1.75 bits per heavy atom. The average molecular weight is 558 g/mol. The number of likely N-dealkylation sites (tertiary alicyclic amines) is 1. The third kappa shape index (κ3) is 8.10. The summed E-state index contributed by atoms with van der Waals surface area (Å²) in [6.45, 7) is 2.91. The van der Waals surface area contributed by atoms with Gasteiger partial charge in [-0.2, -0.15) is 11.3 Å². The predicted molar refractivity (Wildman–Crippen MR) is 160 cm³/mol. The van der Waals surface area contributed by atoms with E-state index in [9.17, 15) is 5.11 Å². The van der Waals surface area contributed by atoms with Crippen LogP contribution in [0.1, 0.15) is 28.7 Å². The number of hydrogen-bond donors (Lipinski definition) is 1. The molecule has 1 aliphatic rings. The largest absolute Gasteiger partial charge is 0.395 e. The van der Waals surface area contributed by atoms with Crippen molar-refractivity contribution in [2.75, 3.05) is 19.7 Å². The lowest BCUT2D eigenvalue weighted by atomic mass is 9.92. The zero-order valence-electron chi connectivity index (χ0n) is 22.9. The minimum atomic E-state index is -0.357. The predicted octanol–water partition coefficient (Wildman–Crippen LogP) is 6.11. The molecule has 40 heavy (non-hydrogen) atoms. The number of aliphatic hydroxyl groups is 1. The summed E-state index contributed by atoms with van der Waals surface area (Å²) in [5.74, 6) is 0. The minimum absolute atomic E-state index is 0.00545. The van der Waals surface area contributed by atoms with Gasteiger partial charge >= 0.3 is 0 Å². The molecule has 6 heteroatoms. The van der Waals surface area contributed by atoms with Crippen molar-refractivity contribution < 1.29 is 19.3 Å². The Kier molecular flexibility index (Phi) is 10.9. The number of ether oxygens (including phenoxy) is 3. The molecule has 5 nitrogen and oxygen atoms in total. The molecule has 1 aromatic heterocycles. The summed E-state index contributed by atoms with van der Waals surface area (Å²) in [6.07, 6.45) is 1.10. The van der Waals surface area contributed by atoms with Crippen LogP contribution in [-0.4, -0.2) is 54.1 Å². The second-order valence-corrected chi connectivity index (χ2v) is 11.1. The number of aryl methyl sites for hydroxylation is 1. The van der Waals surface area contributed by atoms with Gasteiger partial charge in [-0.1, -0.05) is 91.0 Å². The quantitative estimate of drug-likeness (QED) is 0.203. The monoisotopic (exact) mass is 557 g/mol. The topological polar surface area (TPSA) is 51.2 Å². The van der Waals surface area contributed by atoms with E-state index in [4.69, 9.17) is 14.2 Å². The van der Waals surface area contributed by atoms with E-state index in [0.29, 0.717) is 26.4 Å². The highest BCUT2D eigenvalue weighted by Gasteiger charge is 2.45. The molecule has 4 aromatic rings. The lowest BCUT2D eigenvalue weighted by Gasteiger charge is -2.48. The highest BCUT2D eigenvalue weighted by Crippen LogP contribution is 2.29.